The molecule has 0 fully saturated rings. The van der Waals surface area contributed by atoms with Crippen molar-refractivity contribution in [2.45, 2.75) is 11.3 Å². The molecule has 0 aliphatic heterocycles. The number of rotatable bonds is 6. The van der Waals surface area contributed by atoms with E-state index < -0.39 is 18.8 Å². The fourth-order valence-corrected chi connectivity index (χ4v) is 3.17. The number of hydrogen-bond acceptors (Lipinski definition) is 4. The molecule has 3 aromatic rings. The number of fused-ring (bicyclic) bond motifs is 1. The minimum Gasteiger partial charge on any atom is -0.486 e. The predicted octanol–water partition coefficient (Wildman–Crippen LogP) is 5.77. The van der Waals surface area contributed by atoms with Crippen LogP contribution in [0.2, 0.25) is 10.0 Å². The van der Waals surface area contributed by atoms with Crippen molar-refractivity contribution in [1.82, 2.24) is 9.97 Å². The Hall–Kier alpha value is -1.77. The summed E-state index contributed by atoms with van der Waals surface area (Å²) in [6.45, 7) is -0.818. The SMILES string of the molecule is Fc1cc(OCC(F)F)cnc1NSc1c[nH]c2c(Cl)c(Cl)ccc12. The highest BCUT2D eigenvalue weighted by Crippen LogP contribution is 2.36. The van der Waals surface area contributed by atoms with Crippen LogP contribution in [0.25, 0.3) is 10.9 Å². The molecule has 2 aromatic heterocycles. The lowest BCUT2D eigenvalue weighted by Gasteiger charge is -2.08. The van der Waals surface area contributed by atoms with Crippen molar-refractivity contribution in [3.63, 3.8) is 0 Å². The third kappa shape index (κ3) is 4.08. The molecule has 132 valence electrons. The van der Waals surface area contributed by atoms with Gasteiger partial charge < -0.3 is 14.4 Å². The van der Waals surface area contributed by atoms with Gasteiger partial charge in [-0.05, 0) is 18.0 Å². The zero-order chi connectivity index (χ0) is 18.0. The van der Waals surface area contributed by atoms with Gasteiger partial charge in [-0.25, -0.2) is 18.2 Å². The summed E-state index contributed by atoms with van der Waals surface area (Å²) >= 11 is 13.2. The van der Waals surface area contributed by atoms with Gasteiger partial charge in [0.05, 0.1) is 26.7 Å². The van der Waals surface area contributed by atoms with E-state index in [4.69, 9.17) is 27.9 Å². The van der Waals surface area contributed by atoms with Crippen LogP contribution in [-0.4, -0.2) is 23.0 Å². The summed E-state index contributed by atoms with van der Waals surface area (Å²) in [6.07, 6.45) is 0.224. The Labute approximate surface area is 154 Å². The van der Waals surface area contributed by atoms with Gasteiger partial charge in [-0.2, -0.15) is 0 Å². The van der Waals surface area contributed by atoms with Gasteiger partial charge >= 0.3 is 0 Å². The number of aromatic amines is 1. The smallest absolute Gasteiger partial charge is 0.272 e. The van der Waals surface area contributed by atoms with E-state index in [-0.39, 0.29) is 11.6 Å². The number of aromatic nitrogens is 2. The second-order valence-electron chi connectivity index (χ2n) is 4.84. The number of ether oxygens (including phenoxy) is 1. The molecule has 0 atom stereocenters. The summed E-state index contributed by atoms with van der Waals surface area (Å²) < 4.78 is 45.6. The molecule has 0 saturated heterocycles. The number of nitrogens with zero attached hydrogens (tertiary/aromatic N) is 1. The van der Waals surface area contributed by atoms with Crippen LogP contribution in [0.3, 0.4) is 0 Å². The van der Waals surface area contributed by atoms with Crippen molar-refractivity contribution >= 4 is 51.9 Å². The lowest BCUT2D eigenvalue weighted by Crippen LogP contribution is -2.07. The van der Waals surface area contributed by atoms with Crippen molar-refractivity contribution in [1.29, 1.82) is 0 Å². The fourth-order valence-electron chi connectivity index (χ4n) is 2.03. The van der Waals surface area contributed by atoms with E-state index in [1.807, 2.05) is 0 Å². The zero-order valence-corrected chi connectivity index (χ0v) is 14.7. The number of anilines is 1. The van der Waals surface area contributed by atoms with Crippen LogP contribution >= 0.6 is 35.1 Å². The molecule has 10 heteroatoms. The van der Waals surface area contributed by atoms with E-state index >= 15 is 0 Å². The molecule has 2 N–H and O–H groups in total. The summed E-state index contributed by atoms with van der Waals surface area (Å²) in [7, 11) is 0. The van der Waals surface area contributed by atoms with Crippen molar-refractivity contribution in [3.05, 3.63) is 46.5 Å². The first-order chi connectivity index (χ1) is 12.0. The van der Waals surface area contributed by atoms with Crippen LogP contribution in [0, 0.1) is 5.82 Å². The highest BCUT2D eigenvalue weighted by molar-refractivity contribution is 8.00. The number of hydrogen-bond donors (Lipinski definition) is 2. The van der Waals surface area contributed by atoms with Crippen LogP contribution in [0.1, 0.15) is 0 Å². The Kier molecular flexibility index (Phi) is 5.51. The summed E-state index contributed by atoms with van der Waals surface area (Å²) in [5, 5.41) is 1.63. The molecule has 0 bridgehead atoms. The largest absolute Gasteiger partial charge is 0.486 e. The van der Waals surface area contributed by atoms with Gasteiger partial charge in [-0.3, -0.25) is 0 Å². The Bertz CT molecular complexity index is 907. The van der Waals surface area contributed by atoms with E-state index in [1.165, 1.54) is 6.20 Å². The molecule has 0 radical (unpaired) electrons. The second-order valence-corrected chi connectivity index (χ2v) is 6.48. The summed E-state index contributed by atoms with van der Waals surface area (Å²) in [5.74, 6) is -0.842. The van der Waals surface area contributed by atoms with E-state index in [1.54, 1.807) is 18.3 Å². The van der Waals surface area contributed by atoms with E-state index in [0.29, 0.717) is 15.6 Å². The van der Waals surface area contributed by atoms with Crippen LogP contribution < -0.4 is 9.46 Å². The Morgan fingerprint density at radius 2 is 2.12 bits per heavy atom. The molecule has 1 aromatic carbocycles. The molecular formula is C15H10Cl2F3N3OS. The average Bonchev–Trinajstić information content (AvgIpc) is 2.99. The first kappa shape index (κ1) is 18.0. The number of halogens is 5. The lowest BCUT2D eigenvalue weighted by molar-refractivity contribution is 0.0815. The highest BCUT2D eigenvalue weighted by Gasteiger charge is 2.12. The van der Waals surface area contributed by atoms with Crippen molar-refractivity contribution in [3.8, 4) is 5.75 Å². The topological polar surface area (TPSA) is 49.9 Å². The normalized spacial score (nSPS) is 11.3. The van der Waals surface area contributed by atoms with Gasteiger partial charge in [0, 0.05) is 17.6 Å². The molecule has 0 spiro atoms. The molecule has 3 rings (SSSR count). The summed E-state index contributed by atoms with van der Waals surface area (Å²) in [6, 6.07) is 4.44. The Morgan fingerprint density at radius 3 is 2.84 bits per heavy atom. The molecule has 0 amide bonds. The van der Waals surface area contributed by atoms with Gasteiger partial charge in [0.1, 0.15) is 12.4 Å². The van der Waals surface area contributed by atoms with Gasteiger partial charge in [-0.15, -0.1) is 0 Å². The number of pyridine rings is 1. The third-order valence-electron chi connectivity index (χ3n) is 3.16. The summed E-state index contributed by atoms with van der Waals surface area (Å²) in [5.41, 5.74) is 0.669. The standard InChI is InChI=1S/C15H10Cl2F3N3OS/c16-9-2-1-8-11(5-21-14(8)13(9)17)25-23-15-10(18)3-7(4-22-15)24-6-12(19)20/h1-5,12,21H,6H2,(H,22,23). The second kappa shape index (κ2) is 7.63. The molecule has 4 nitrogen and oxygen atoms in total. The lowest BCUT2D eigenvalue weighted by atomic mass is 10.2. The number of nitrogens with one attached hydrogen (secondary N) is 2. The minimum atomic E-state index is -2.64. The van der Waals surface area contributed by atoms with E-state index in [2.05, 4.69) is 14.7 Å². The number of H-pyrrole nitrogens is 1. The molecule has 0 aliphatic rings. The Morgan fingerprint density at radius 1 is 1.32 bits per heavy atom. The molecule has 25 heavy (non-hydrogen) atoms. The van der Waals surface area contributed by atoms with E-state index in [9.17, 15) is 13.2 Å². The summed E-state index contributed by atoms with van der Waals surface area (Å²) in [4.78, 5) is 7.59. The van der Waals surface area contributed by atoms with Gasteiger partial charge in [0.2, 0.25) is 0 Å². The highest BCUT2D eigenvalue weighted by atomic mass is 35.5. The van der Waals surface area contributed by atoms with Crippen LogP contribution in [0.15, 0.2) is 35.5 Å². The van der Waals surface area contributed by atoms with Gasteiger partial charge in [-0.1, -0.05) is 29.3 Å². The van der Waals surface area contributed by atoms with E-state index in [0.717, 1.165) is 28.3 Å². The first-order valence-corrected chi connectivity index (χ1v) is 8.47. The van der Waals surface area contributed by atoms with Crippen molar-refractivity contribution in [2.24, 2.45) is 0 Å². The van der Waals surface area contributed by atoms with Crippen LogP contribution in [-0.2, 0) is 0 Å². The van der Waals surface area contributed by atoms with Crippen LogP contribution in [0.5, 0.6) is 5.75 Å². The van der Waals surface area contributed by atoms with Crippen molar-refractivity contribution in [2.75, 3.05) is 11.3 Å². The van der Waals surface area contributed by atoms with Crippen molar-refractivity contribution < 1.29 is 17.9 Å². The zero-order valence-electron chi connectivity index (χ0n) is 12.3. The predicted molar refractivity (Wildman–Crippen MR) is 93.5 cm³/mol. The quantitative estimate of drug-likeness (QED) is 0.509. The van der Waals surface area contributed by atoms with Gasteiger partial charge in [0.15, 0.2) is 11.6 Å². The maximum Gasteiger partial charge on any atom is 0.272 e. The average molecular weight is 408 g/mol. The molecule has 2 heterocycles. The number of benzene rings is 1. The Balaban J connectivity index is 1.72. The molecule has 0 unspecified atom stereocenters. The van der Waals surface area contributed by atoms with Gasteiger partial charge in [0.25, 0.3) is 6.43 Å². The maximum atomic E-state index is 14.0. The van der Waals surface area contributed by atoms with Crippen LogP contribution in [0.4, 0.5) is 19.0 Å². The monoisotopic (exact) mass is 407 g/mol. The molecular weight excluding hydrogens is 398 g/mol. The number of alkyl halides is 2. The first-order valence-electron chi connectivity index (χ1n) is 6.90. The fraction of sp³-hybridized carbons (Fsp3) is 0.133. The minimum absolute atomic E-state index is 0.0520. The maximum absolute atomic E-state index is 14.0. The molecule has 0 saturated carbocycles. The molecule has 0 aliphatic carbocycles. The third-order valence-corrected chi connectivity index (χ3v) is 4.82.